The van der Waals surface area contributed by atoms with E-state index in [1.54, 1.807) is 0 Å². The largest absolute Gasteiger partial charge is 0.507 e. The highest BCUT2D eigenvalue weighted by atomic mass is 32.2. The van der Waals surface area contributed by atoms with Gasteiger partial charge in [0.15, 0.2) is 0 Å². The maximum Gasteiger partial charge on any atom is 0.304 e. The van der Waals surface area contributed by atoms with Crippen molar-refractivity contribution < 1.29 is 15.0 Å². The molecule has 0 radical (unpaired) electrons. The number of phenolic OH excluding ortho intramolecular Hbond substituents is 1. The number of benzene rings is 1. The molecule has 1 heterocycles. The van der Waals surface area contributed by atoms with Crippen molar-refractivity contribution in [2.24, 2.45) is 0 Å². The summed E-state index contributed by atoms with van der Waals surface area (Å²) in [5.74, 6) is 1.54. The monoisotopic (exact) mass is 295 g/mol. The number of carboxylic acid groups (broad SMARTS) is 1. The summed E-state index contributed by atoms with van der Waals surface area (Å²) in [6.45, 7) is 5.46. The smallest absolute Gasteiger partial charge is 0.304 e. The van der Waals surface area contributed by atoms with E-state index in [9.17, 15) is 9.90 Å². The summed E-state index contributed by atoms with van der Waals surface area (Å²) >= 11 is 1.82. The third-order valence-electron chi connectivity index (χ3n) is 3.70. The van der Waals surface area contributed by atoms with Crippen LogP contribution in [0.4, 0.5) is 0 Å². The molecule has 1 saturated heterocycles. The van der Waals surface area contributed by atoms with E-state index in [2.05, 4.69) is 4.90 Å². The molecular formula is C15H21NO3S. The highest BCUT2D eigenvalue weighted by Gasteiger charge is 2.25. The summed E-state index contributed by atoms with van der Waals surface area (Å²) in [6.07, 6.45) is 0.197. The number of rotatable bonds is 4. The van der Waals surface area contributed by atoms with Gasteiger partial charge < -0.3 is 10.2 Å². The fraction of sp³-hybridized carbons (Fsp3) is 0.533. The number of carbonyl (C=O) groups is 1. The van der Waals surface area contributed by atoms with Crippen molar-refractivity contribution >= 4 is 17.7 Å². The van der Waals surface area contributed by atoms with Crippen molar-refractivity contribution in [3.63, 3.8) is 0 Å². The number of nitrogens with zero attached hydrogens (tertiary/aromatic N) is 1. The van der Waals surface area contributed by atoms with Crippen LogP contribution >= 0.6 is 11.8 Å². The Hall–Kier alpha value is -1.20. The molecule has 1 fully saturated rings. The predicted octanol–water partition coefficient (Wildman–Crippen LogP) is 2.40. The first-order valence-electron chi connectivity index (χ1n) is 6.80. The number of aliphatic carboxylic acids is 1. The average Bonchev–Trinajstić information content (AvgIpc) is 2.37. The van der Waals surface area contributed by atoms with Crippen molar-refractivity contribution in [1.82, 2.24) is 4.90 Å². The molecule has 1 aliphatic rings. The van der Waals surface area contributed by atoms with E-state index in [1.807, 2.05) is 37.7 Å². The summed E-state index contributed by atoms with van der Waals surface area (Å²) in [5.41, 5.74) is 2.89. The highest BCUT2D eigenvalue weighted by Crippen LogP contribution is 2.26. The minimum atomic E-state index is -0.736. The molecule has 2 rings (SSSR count). The molecule has 5 heteroatoms. The number of aryl methyl sites for hydroxylation is 2. The second-order valence-electron chi connectivity index (χ2n) is 5.38. The molecule has 1 aliphatic heterocycles. The number of phenols is 1. The van der Waals surface area contributed by atoms with E-state index >= 15 is 0 Å². The number of hydrogen-bond acceptors (Lipinski definition) is 4. The fourth-order valence-electron chi connectivity index (χ4n) is 2.66. The summed E-state index contributed by atoms with van der Waals surface area (Å²) in [6, 6.07) is 4.07. The van der Waals surface area contributed by atoms with Crippen LogP contribution in [-0.4, -0.2) is 45.2 Å². The van der Waals surface area contributed by atoms with Crippen molar-refractivity contribution in [1.29, 1.82) is 0 Å². The zero-order chi connectivity index (χ0) is 14.7. The molecular weight excluding hydrogens is 274 g/mol. The topological polar surface area (TPSA) is 60.8 Å². The Kier molecular flexibility index (Phi) is 4.94. The van der Waals surface area contributed by atoms with Crippen LogP contribution in [0.3, 0.4) is 0 Å². The molecule has 0 spiro atoms. The van der Waals surface area contributed by atoms with Gasteiger partial charge in [-0.25, -0.2) is 0 Å². The van der Waals surface area contributed by atoms with Gasteiger partial charge in [-0.1, -0.05) is 12.1 Å². The zero-order valence-electron chi connectivity index (χ0n) is 11.9. The molecule has 4 nitrogen and oxygen atoms in total. The lowest BCUT2D eigenvalue weighted by atomic mass is 10.0. The van der Waals surface area contributed by atoms with Gasteiger partial charge in [0.05, 0.1) is 6.42 Å². The minimum absolute atomic E-state index is 0.0978. The highest BCUT2D eigenvalue weighted by molar-refractivity contribution is 7.99. The summed E-state index contributed by atoms with van der Waals surface area (Å²) in [5, 5.41) is 18.8. The van der Waals surface area contributed by atoms with Crippen molar-refractivity contribution in [2.75, 3.05) is 18.1 Å². The van der Waals surface area contributed by atoms with Crippen molar-refractivity contribution in [3.8, 4) is 5.75 Å². The molecule has 0 saturated carbocycles. The van der Waals surface area contributed by atoms with Gasteiger partial charge in [0, 0.05) is 30.6 Å². The number of aromatic hydroxyl groups is 1. The lowest BCUT2D eigenvalue weighted by Crippen LogP contribution is -2.42. The van der Waals surface area contributed by atoms with E-state index < -0.39 is 5.97 Å². The second-order valence-corrected chi connectivity index (χ2v) is 6.53. The Labute approximate surface area is 123 Å². The van der Waals surface area contributed by atoms with E-state index in [1.165, 1.54) is 0 Å². The Morgan fingerprint density at radius 2 is 2.05 bits per heavy atom. The molecule has 110 valence electrons. The SMILES string of the molecule is Cc1cc(CN2CCSCC2CC(=O)O)cc(C)c1O. The second kappa shape index (κ2) is 6.50. The van der Waals surface area contributed by atoms with Crippen LogP contribution in [0, 0.1) is 13.8 Å². The lowest BCUT2D eigenvalue weighted by molar-refractivity contribution is -0.138. The van der Waals surface area contributed by atoms with E-state index in [0.29, 0.717) is 5.75 Å². The van der Waals surface area contributed by atoms with Gasteiger partial charge in [0.25, 0.3) is 0 Å². The van der Waals surface area contributed by atoms with Gasteiger partial charge in [-0.3, -0.25) is 9.69 Å². The van der Waals surface area contributed by atoms with Gasteiger partial charge >= 0.3 is 5.97 Å². The Bertz CT molecular complexity index is 481. The van der Waals surface area contributed by atoms with Gasteiger partial charge in [0.2, 0.25) is 0 Å². The van der Waals surface area contributed by atoms with Crippen LogP contribution in [-0.2, 0) is 11.3 Å². The third kappa shape index (κ3) is 3.67. The quantitative estimate of drug-likeness (QED) is 0.893. The molecule has 0 aromatic heterocycles. The molecule has 1 atom stereocenters. The van der Waals surface area contributed by atoms with Crippen LogP contribution in [0.2, 0.25) is 0 Å². The molecule has 0 bridgehead atoms. The van der Waals surface area contributed by atoms with Crippen LogP contribution in [0.25, 0.3) is 0 Å². The van der Waals surface area contributed by atoms with Crippen LogP contribution in [0.5, 0.6) is 5.75 Å². The average molecular weight is 295 g/mol. The zero-order valence-corrected chi connectivity index (χ0v) is 12.7. The molecule has 20 heavy (non-hydrogen) atoms. The van der Waals surface area contributed by atoms with Crippen LogP contribution in [0.15, 0.2) is 12.1 Å². The van der Waals surface area contributed by atoms with Crippen molar-refractivity contribution in [3.05, 3.63) is 28.8 Å². The lowest BCUT2D eigenvalue weighted by Gasteiger charge is -2.34. The van der Waals surface area contributed by atoms with Gasteiger partial charge in [-0.15, -0.1) is 0 Å². The molecule has 0 aliphatic carbocycles. The van der Waals surface area contributed by atoms with Crippen LogP contribution < -0.4 is 0 Å². The first-order valence-corrected chi connectivity index (χ1v) is 7.95. The fourth-order valence-corrected chi connectivity index (χ4v) is 3.79. The number of hydrogen-bond donors (Lipinski definition) is 2. The van der Waals surface area contributed by atoms with Crippen LogP contribution in [0.1, 0.15) is 23.1 Å². The van der Waals surface area contributed by atoms with Gasteiger partial charge in [0.1, 0.15) is 5.75 Å². The third-order valence-corrected chi connectivity index (χ3v) is 4.79. The van der Waals surface area contributed by atoms with Gasteiger partial charge in [-0.05, 0) is 30.5 Å². The summed E-state index contributed by atoms with van der Waals surface area (Å²) in [7, 11) is 0. The first kappa shape index (κ1) is 15.2. The predicted molar refractivity (Wildman–Crippen MR) is 81.4 cm³/mol. The van der Waals surface area contributed by atoms with E-state index in [4.69, 9.17) is 5.11 Å². The normalized spacial score (nSPS) is 20.0. The molecule has 1 unspecified atom stereocenters. The molecule has 2 N–H and O–H groups in total. The van der Waals surface area contributed by atoms with E-state index in [0.717, 1.165) is 41.3 Å². The Morgan fingerprint density at radius 3 is 2.65 bits per heavy atom. The summed E-state index contributed by atoms with van der Waals surface area (Å²) < 4.78 is 0. The minimum Gasteiger partial charge on any atom is -0.507 e. The Morgan fingerprint density at radius 1 is 1.40 bits per heavy atom. The maximum atomic E-state index is 10.9. The standard InChI is InChI=1S/C15H21NO3S/c1-10-5-12(6-11(2)15(10)19)8-16-3-4-20-9-13(16)7-14(17)18/h5-6,13,19H,3-4,7-9H2,1-2H3,(H,17,18). The molecule has 0 amide bonds. The van der Waals surface area contributed by atoms with Crippen molar-refractivity contribution in [2.45, 2.75) is 32.9 Å². The Balaban J connectivity index is 2.12. The number of carboxylic acids is 1. The molecule has 1 aromatic rings. The maximum absolute atomic E-state index is 10.9. The first-order chi connectivity index (χ1) is 9.47. The van der Waals surface area contributed by atoms with Gasteiger partial charge in [-0.2, -0.15) is 11.8 Å². The summed E-state index contributed by atoms with van der Waals surface area (Å²) in [4.78, 5) is 13.2. The number of thioether (sulfide) groups is 1. The van der Waals surface area contributed by atoms with E-state index in [-0.39, 0.29) is 12.5 Å². The molecule has 1 aromatic carbocycles.